The molecular formula is C14H15NO3. The van der Waals surface area contributed by atoms with Gasteiger partial charge in [-0.2, -0.15) is 0 Å². The van der Waals surface area contributed by atoms with Crippen LogP contribution in [0.5, 0.6) is 5.75 Å². The molecule has 3 rings (SSSR count). The Morgan fingerprint density at radius 2 is 2.22 bits per heavy atom. The van der Waals surface area contributed by atoms with Crippen molar-refractivity contribution < 1.29 is 14.6 Å². The number of carboxylic acid groups (broad SMARTS) is 1. The monoisotopic (exact) mass is 245 g/mol. The first-order valence-corrected chi connectivity index (χ1v) is 6.08. The Bertz CT molecular complexity index is 598. The molecule has 0 bridgehead atoms. The molecule has 1 heterocycles. The van der Waals surface area contributed by atoms with E-state index in [-0.39, 0.29) is 5.92 Å². The largest absolute Gasteiger partial charge is 0.496 e. The molecule has 1 aliphatic carbocycles. The van der Waals surface area contributed by atoms with Crippen LogP contribution >= 0.6 is 0 Å². The van der Waals surface area contributed by atoms with Crippen molar-refractivity contribution in [3.63, 3.8) is 0 Å². The molecule has 1 aliphatic rings. The fourth-order valence-electron chi connectivity index (χ4n) is 2.54. The van der Waals surface area contributed by atoms with Gasteiger partial charge in [0.15, 0.2) is 0 Å². The number of carbonyl (C=O) groups is 1. The summed E-state index contributed by atoms with van der Waals surface area (Å²) < 4.78 is 7.16. The summed E-state index contributed by atoms with van der Waals surface area (Å²) in [6.07, 6.45) is 3.85. The predicted molar refractivity (Wildman–Crippen MR) is 67.9 cm³/mol. The van der Waals surface area contributed by atoms with Gasteiger partial charge in [0.25, 0.3) is 0 Å². The standard InChI is InChI=1S/C14H15NO3/c1-18-12-4-2-3-11-10(12)7-8-15(11)13(14(16)17)9-5-6-9/h2-4,7-9,13H,5-6H2,1H3,(H,16,17). The minimum atomic E-state index is -0.752. The number of hydrogen-bond acceptors (Lipinski definition) is 2. The van der Waals surface area contributed by atoms with Crippen molar-refractivity contribution in [1.29, 1.82) is 0 Å². The Kier molecular flexibility index (Phi) is 2.51. The van der Waals surface area contributed by atoms with Crippen molar-refractivity contribution in [2.45, 2.75) is 18.9 Å². The van der Waals surface area contributed by atoms with E-state index in [1.807, 2.05) is 35.0 Å². The minimum absolute atomic E-state index is 0.268. The zero-order chi connectivity index (χ0) is 12.7. The number of benzene rings is 1. The number of hydrogen-bond donors (Lipinski definition) is 1. The molecular weight excluding hydrogens is 230 g/mol. The van der Waals surface area contributed by atoms with Crippen LogP contribution in [-0.4, -0.2) is 22.8 Å². The highest BCUT2D eigenvalue weighted by atomic mass is 16.5. The van der Waals surface area contributed by atoms with Gasteiger partial charge in [-0.25, -0.2) is 4.79 Å². The Hall–Kier alpha value is -1.97. The highest BCUT2D eigenvalue weighted by Gasteiger charge is 2.37. The molecule has 0 amide bonds. The van der Waals surface area contributed by atoms with Crippen LogP contribution in [0.15, 0.2) is 30.5 Å². The first-order valence-electron chi connectivity index (χ1n) is 6.08. The van der Waals surface area contributed by atoms with Gasteiger partial charge in [-0.05, 0) is 37.0 Å². The van der Waals surface area contributed by atoms with Crippen molar-refractivity contribution in [3.8, 4) is 5.75 Å². The second-order valence-electron chi connectivity index (χ2n) is 4.74. The van der Waals surface area contributed by atoms with Gasteiger partial charge >= 0.3 is 5.97 Å². The molecule has 1 aromatic heterocycles. The molecule has 0 aliphatic heterocycles. The number of aliphatic carboxylic acids is 1. The zero-order valence-electron chi connectivity index (χ0n) is 10.2. The lowest BCUT2D eigenvalue weighted by molar-refractivity contribution is -0.141. The van der Waals surface area contributed by atoms with Gasteiger partial charge in [0.2, 0.25) is 0 Å². The molecule has 2 aromatic rings. The highest BCUT2D eigenvalue weighted by molar-refractivity contribution is 5.88. The lowest BCUT2D eigenvalue weighted by Gasteiger charge is -2.15. The first-order chi connectivity index (χ1) is 8.72. The van der Waals surface area contributed by atoms with Gasteiger partial charge in [-0.15, -0.1) is 0 Å². The lowest BCUT2D eigenvalue weighted by Crippen LogP contribution is -2.20. The number of rotatable bonds is 4. The summed E-state index contributed by atoms with van der Waals surface area (Å²) in [6.45, 7) is 0. The van der Waals surface area contributed by atoms with E-state index in [0.29, 0.717) is 0 Å². The third-order valence-electron chi connectivity index (χ3n) is 3.56. The minimum Gasteiger partial charge on any atom is -0.496 e. The number of carboxylic acids is 1. The molecule has 0 saturated heterocycles. The quantitative estimate of drug-likeness (QED) is 0.901. The van der Waals surface area contributed by atoms with Crippen molar-refractivity contribution in [2.75, 3.05) is 7.11 Å². The molecule has 1 aromatic carbocycles. The summed E-state index contributed by atoms with van der Waals surface area (Å²) in [7, 11) is 1.63. The molecule has 1 atom stereocenters. The Morgan fingerprint density at radius 1 is 1.44 bits per heavy atom. The maximum Gasteiger partial charge on any atom is 0.326 e. The fraction of sp³-hybridized carbons (Fsp3) is 0.357. The van der Waals surface area contributed by atoms with Gasteiger partial charge in [0.1, 0.15) is 11.8 Å². The van der Waals surface area contributed by atoms with Crippen molar-refractivity contribution in [3.05, 3.63) is 30.5 Å². The number of ether oxygens (including phenoxy) is 1. The molecule has 18 heavy (non-hydrogen) atoms. The van der Waals surface area contributed by atoms with Crippen molar-refractivity contribution in [2.24, 2.45) is 5.92 Å². The summed E-state index contributed by atoms with van der Waals surface area (Å²) >= 11 is 0. The van der Waals surface area contributed by atoms with E-state index in [4.69, 9.17) is 4.74 Å². The third-order valence-corrected chi connectivity index (χ3v) is 3.56. The van der Waals surface area contributed by atoms with Crippen molar-refractivity contribution in [1.82, 2.24) is 4.57 Å². The van der Waals surface area contributed by atoms with Gasteiger partial charge in [-0.3, -0.25) is 0 Å². The highest BCUT2D eigenvalue weighted by Crippen LogP contribution is 2.42. The second-order valence-corrected chi connectivity index (χ2v) is 4.74. The van der Waals surface area contributed by atoms with E-state index in [1.54, 1.807) is 7.11 Å². The third kappa shape index (κ3) is 1.65. The first kappa shape index (κ1) is 11.1. The zero-order valence-corrected chi connectivity index (χ0v) is 10.2. The van der Waals surface area contributed by atoms with Crippen LogP contribution < -0.4 is 4.74 Å². The van der Waals surface area contributed by atoms with E-state index in [1.165, 1.54) is 0 Å². The summed E-state index contributed by atoms with van der Waals surface area (Å²) in [5, 5.41) is 10.4. The average molecular weight is 245 g/mol. The molecule has 1 fully saturated rings. The molecule has 4 heteroatoms. The predicted octanol–water partition coefficient (Wildman–Crippen LogP) is 2.69. The molecule has 0 radical (unpaired) electrons. The number of nitrogens with zero attached hydrogens (tertiary/aromatic N) is 1. The average Bonchev–Trinajstić information content (AvgIpc) is 3.09. The second kappa shape index (κ2) is 4.05. The molecule has 0 spiro atoms. The van der Waals surface area contributed by atoms with Crippen LogP contribution in [0.1, 0.15) is 18.9 Å². The summed E-state index contributed by atoms with van der Waals surface area (Å²) in [6, 6.07) is 7.20. The fourth-order valence-corrected chi connectivity index (χ4v) is 2.54. The Balaban J connectivity index is 2.14. The van der Waals surface area contributed by atoms with E-state index in [9.17, 15) is 9.90 Å². The van der Waals surface area contributed by atoms with Gasteiger partial charge in [-0.1, -0.05) is 6.07 Å². The van der Waals surface area contributed by atoms with Gasteiger partial charge in [0, 0.05) is 11.6 Å². The molecule has 94 valence electrons. The maximum atomic E-state index is 11.4. The summed E-state index contributed by atoms with van der Waals surface area (Å²) in [4.78, 5) is 11.4. The maximum absolute atomic E-state index is 11.4. The lowest BCUT2D eigenvalue weighted by atomic mass is 10.1. The van der Waals surface area contributed by atoms with E-state index >= 15 is 0 Å². The topological polar surface area (TPSA) is 51.5 Å². The van der Waals surface area contributed by atoms with E-state index in [0.717, 1.165) is 29.5 Å². The molecule has 1 unspecified atom stereocenters. The SMILES string of the molecule is COc1cccc2c1ccn2C(C(=O)O)C1CC1. The normalized spacial score (nSPS) is 16.7. The molecule has 1 saturated carbocycles. The number of fused-ring (bicyclic) bond motifs is 1. The molecule has 1 N–H and O–H groups in total. The Morgan fingerprint density at radius 3 is 2.83 bits per heavy atom. The Labute approximate surface area is 105 Å². The summed E-state index contributed by atoms with van der Waals surface area (Å²) in [5.41, 5.74) is 0.925. The summed E-state index contributed by atoms with van der Waals surface area (Å²) in [5.74, 6) is 0.299. The van der Waals surface area contributed by atoms with Crippen LogP contribution in [0.25, 0.3) is 10.9 Å². The smallest absolute Gasteiger partial charge is 0.326 e. The van der Waals surface area contributed by atoms with Crippen LogP contribution in [-0.2, 0) is 4.79 Å². The van der Waals surface area contributed by atoms with E-state index < -0.39 is 12.0 Å². The van der Waals surface area contributed by atoms with Crippen LogP contribution in [0, 0.1) is 5.92 Å². The van der Waals surface area contributed by atoms with Crippen LogP contribution in [0.3, 0.4) is 0 Å². The molecule has 4 nitrogen and oxygen atoms in total. The van der Waals surface area contributed by atoms with Crippen LogP contribution in [0.2, 0.25) is 0 Å². The number of methoxy groups -OCH3 is 1. The van der Waals surface area contributed by atoms with Crippen molar-refractivity contribution >= 4 is 16.9 Å². The van der Waals surface area contributed by atoms with Gasteiger partial charge in [0.05, 0.1) is 12.6 Å². The van der Waals surface area contributed by atoms with Crippen LogP contribution in [0.4, 0.5) is 0 Å². The van der Waals surface area contributed by atoms with Gasteiger partial charge < -0.3 is 14.4 Å². The van der Waals surface area contributed by atoms with E-state index in [2.05, 4.69) is 0 Å². The number of aromatic nitrogens is 1.